The van der Waals surface area contributed by atoms with E-state index in [1.54, 1.807) is 25.3 Å². The maximum atomic E-state index is 12.9. The van der Waals surface area contributed by atoms with E-state index in [0.29, 0.717) is 31.9 Å². The van der Waals surface area contributed by atoms with Crippen LogP contribution in [0, 0.1) is 0 Å². The Morgan fingerprint density at radius 2 is 1.83 bits per heavy atom. The Hall–Kier alpha value is -3.29. The smallest absolute Gasteiger partial charge is 0.268 e. The fraction of sp³-hybridized carbons (Fsp3) is 0.0909. The average Bonchev–Trinajstić information content (AvgIpc) is 3.11. The molecule has 2 aromatic carbocycles. The summed E-state index contributed by atoms with van der Waals surface area (Å²) in [6, 6.07) is 16.4. The lowest BCUT2D eigenvalue weighted by molar-refractivity contribution is 0.103. The van der Waals surface area contributed by atoms with Crippen molar-refractivity contribution in [2.24, 2.45) is 0 Å². The Labute approximate surface area is 182 Å². The van der Waals surface area contributed by atoms with Crippen molar-refractivity contribution < 1.29 is 14.3 Å². The van der Waals surface area contributed by atoms with Crippen molar-refractivity contribution in [1.82, 2.24) is 4.98 Å². The number of ether oxygens (including phenoxy) is 2. The minimum Gasteiger partial charge on any atom is -0.497 e. The van der Waals surface area contributed by atoms with Crippen LogP contribution in [0.4, 0.5) is 11.4 Å². The number of nitrogens with two attached hydrogens (primary N) is 1. The third-order valence-corrected chi connectivity index (χ3v) is 5.95. The number of pyridine rings is 1. The van der Waals surface area contributed by atoms with Crippen LogP contribution >= 0.6 is 22.9 Å². The number of amides is 1. The van der Waals surface area contributed by atoms with Crippen molar-refractivity contribution in [2.45, 2.75) is 0 Å². The summed E-state index contributed by atoms with van der Waals surface area (Å²) in [5.74, 6) is 0.911. The summed E-state index contributed by atoms with van der Waals surface area (Å²) in [7, 11) is 3.14. The number of rotatable bonds is 5. The van der Waals surface area contributed by atoms with Crippen molar-refractivity contribution >= 4 is 50.4 Å². The standard InChI is InChI=1S/C22H18ClN3O3S/c1-28-14-6-3-12(4-7-14)16-10-8-15-19(24)20(30-22(15)26-16)21(27)25-17-9-5-13(23)11-18(17)29-2/h3-11H,24H2,1-2H3,(H,25,27). The van der Waals surface area contributed by atoms with Crippen molar-refractivity contribution in [3.8, 4) is 22.8 Å². The Morgan fingerprint density at radius 3 is 2.53 bits per heavy atom. The number of aromatic nitrogens is 1. The monoisotopic (exact) mass is 439 g/mol. The number of hydrogen-bond donors (Lipinski definition) is 2. The molecule has 4 rings (SSSR count). The molecule has 4 aromatic rings. The summed E-state index contributed by atoms with van der Waals surface area (Å²) in [5, 5.41) is 4.09. The molecule has 2 heterocycles. The predicted octanol–water partition coefficient (Wildman–Crippen LogP) is 5.47. The first-order chi connectivity index (χ1) is 14.5. The van der Waals surface area contributed by atoms with E-state index < -0.39 is 0 Å². The second-order valence-corrected chi connectivity index (χ2v) is 7.86. The van der Waals surface area contributed by atoms with E-state index in [1.807, 2.05) is 36.4 Å². The lowest BCUT2D eigenvalue weighted by atomic mass is 10.1. The van der Waals surface area contributed by atoms with Gasteiger partial charge in [0.15, 0.2) is 0 Å². The molecule has 8 heteroatoms. The van der Waals surface area contributed by atoms with Crippen LogP contribution in [0.3, 0.4) is 0 Å². The summed E-state index contributed by atoms with van der Waals surface area (Å²) in [5.41, 5.74) is 8.90. The molecule has 6 nitrogen and oxygen atoms in total. The molecule has 0 saturated heterocycles. The first-order valence-electron chi connectivity index (χ1n) is 8.98. The van der Waals surface area contributed by atoms with Gasteiger partial charge < -0.3 is 20.5 Å². The zero-order valence-corrected chi connectivity index (χ0v) is 17.8. The number of carbonyl (C=O) groups excluding carboxylic acids is 1. The van der Waals surface area contributed by atoms with Crippen molar-refractivity contribution in [1.29, 1.82) is 0 Å². The van der Waals surface area contributed by atoms with E-state index in [0.717, 1.165) is 22.4 Å². The topological polar surface area (TPSA) is 86.5 Å². The summed E-state index contributed by atoms with van der Waals surface area (Å²) in [6.45, 7) is 0. The van der Waals surface area contributed by atoms with E-state index >= 15 is 0 Å². The number of fused-ring (bicyclic) bond motifs is 1. The second kappa shape index (κ2) is 8.22. The third kappa shape index (κ3) is 3.77. The Bertz CT molecular complexity index is 1240. The molecular weight excluding hydrogens is 422 g/mol. The summed E-state index contributed by atoms with van der Waals surface area (Å²) in [4.78, 5) is 18.6. The largest absolute Gasteiger partial charge is 0.497 e. The molecule has 0 aliphatic carbocycles. The maximum Gasteiger partial charge on any atom is 0.268 e. The zero-order chi connectivity index (χ0) is 21.3. The number of thiophene rings is 1. The van der Waals surface area contributed by atoms with Gasteiger partial charge in [-0.25, -0.2) is 4.98 Å². The fourth-order valence-electron chi connectivity index (χ4n) is 3.04. The minimum atomic E-state index is -0.331. The van der Waals surface area contributed by atoms with Gasteiger partial charge in [-0.15, -0.1) is 11.3 Å². The number of benzene rings is 2. The Kier molecular flexibility index (Phi) is 5.48. The number of nitrogens with one attached hydrogen (secondary N) is 1. The van der Waals surface area contributed by atoms with Gasteiger partial charge in [0.1, 0.15) is 21.2 Å². The number of methoxy groups -OCH3 is 2. The highest BCUT2D eigenvalue weighted by molar-refractivity contribution is 7.21. The quantitative estimate of drug-likeness (QED) is 0.430. The highest BCUT2D eigenvalue weighted by Crippen LogP contribution is 2.36. The molecule has 0 aliphatic rings. The Morgan fingerprint density at radius 1 is 1.07 bits per heavy atom. The highest BCUT2D eigenvalue weighted by Gasteiger charge is 2.19. The molecule has 152 valence electrons. The lowest BCUT2D eigenvalue weighted by Crippen LogP contribution is -2.12. The number of nitrogens with zero attached hydrogens (tertiary/aromatic N) is 1. The van der Waals surface area contributed by atoms with Gasteiger partial charge in [-0.2, -0.15) is 0 Å². The van der Waals surface area contributed by atoms with E-state index in [4.69, 9.17) is 31.8 Å². The number of anilines is 2. The molecule has 30 heavy (non-hydrogen) atoms. The number of carbonyl (C=O) groups is 1. The van der Waals surface area contributed by atoms with Crippen LogP contribution in [0.1, 0.15) is 9.67 Å². The SMILES string of the molecule is COc1ccc(-c2ccc3c(N)c(C(=O)Nc4ccc(Cl)cc4OC)sc3n2)cc1. The molecule has 0 saturated carbocycles. The van der Waals surface area contributed by atoms with Crippen LogP contribution < -0.4 is 20.5 Å². The molecule has 1 amide bonds. The fourth-order valence-corrected chi connectivity index (χ4v) is 4.19. The van der Waals surface area contributed by atoms with Crippen molar-refractivity contribution in [3.63, 3.8) is 0 Å². The van der Waals surface area contributed by atoms with Gasteiger partial charge >= 0.3 is 0 Å². The number of hydrogen-bond acceptors (Lipinski definition) is 6. The first-order valence-corrected chi connectivity index (χ1v) is 10.2. The first kappa shape index (κ1) is 20.0. The molecule has 0 fully saturated rings. The van der Waals surface area contributed by atoms with Crippen molar-refractivity contribution in [3.05, 3.63) is 64.5 Å². The number of nitrogen functional groups attached to an aromatic ring is 1. The maximum absolute atomic E-state index is 12.9. The van der Waals surface area contributed by atoms with E-state index in [-0.39, 0.29) is 5.91 Å². The molecule has 0 radical (unpaired) electrons. The molecule has 0 bridgehead atoms. The van der Waals surface area contributed by atoms with Gasteiger partial charge in [-0.3, -0.25) is 4.79 Å². The molecule has 0 aliphatic heterocycles. The molecule has 0 spiro atoms. The van der Waals surface area contributed by atoms with E-state index in [9.17, 15) is 4.79 Å². The van der Waals surface area contributed by atoms with Crippen LogP contribution in [0.2, 0.25) is 5.02 Å². The normalized spacial score (nSPS) is 10.8. The molecule has 2 aromatic heterocycles. The predicted molar refractivity (Wildman–Crippen MR) is 122 cm³/mol. The third-order valence-electron chi connectivity index (χ3n) is 4.60. The van der Waals surface area contributed by atoms with Gasteiger partial charge in [0.05, 0.1) is 31.3 Å². The summed E-state index contributed by atoms with van der Waals surface area (Å²) in [6.07, 6.45) is 0. The summed E-state index contributed by atoms with van der Waals surface area (Å²) < 4.78 is 10.5. The van der Waals surface area contributed by atoms with E-state index in [1.165, 1.54) is 18.4 Å². The van der Waals surface area contributed by atoms with Gasteiger partial charge in [-0.1, -0.05) is 11.6 Å². The Balaban J connectivity index is 1.66. The number of halogens is 1. The van der Waals surface area contributed by atoms with E-state index in [2.05, 4.69) is 5.32 Å². The average molecular weight is 440 g/mol. The minimum absolute atomic E-state index is 0.331. The lowest BCUT2D eigenvalue weighted by Gasteiger charge is -2.10. The zero-order valence-electron chi connectivity index (χ0n) is 16.2. The highest BCUT2D eigenvalue weighted by atomic mass is 35.5. The van der Waals surface area contributed by atoms with Crippen LogP contribution in [0.5, 0.6) is 11.5 Å². The molecule has 0 atom stereocenters. The molecule has 0 unspecified atom stereocenters. The molecular formula is C22H18ClN3O3S. The van der Waals surface area contributed by atoms with Crippen molar-refractivity contribution in [2.75, 3.05) is 25.3 Å². The van der Waals surface area contributed by atoms with Gasteiger partial charge in [0.25, 0.3) is 5.91 Å². The van der Waals surface area contributed by atoms with Crippen LogP contribution in [-0.4, -0.2) is 25.1 Å². The van der Waals surface area contributed by atoms with Crippen LogP contribution in [-0.2, 0) is 0 Å². The van der Waals surface area contributed by atoms with Crippen LogP contribution in [0.15, 0.2) is 54.6 Å². The summed E-state index contributed by atoms with van der Waals surface area (Å²) >= 11 is 7.23. The van der Waals surface area contributed by atoms with Gasteiger partial charge in [0, 0.05) is 22.0 Å². The second-order valence-electron chi connectivity index (χ2n) is 6.42. The molecule has 3 N–H and O–H groups in total. The van der Waals surface area contributed by atoms with Gasteiger partial charge in [0.2, 0.25) is 0 Å². The van der Waals surface area contributed by atoms with Gasteiger partial charge in [-0.05, 0) is 48.5 Å². The van der Waals surface area contributed by atoms with Crippen LogP contribution in [0.25, 0.3) is 21.5 Å².